The van der Waals surface area contributed by atoms with Crippen LogP contribution in [0.5, 0.6) is 5.75 Å². The van der Waals surface area contributed by atoms with Crippen molar-refractivity contribution in [3.05, 3.63) is 65.7 Å². The Hall–Kier alpha value is -1.80. The van der Waals surface area contributed by atoms with Gasteiger partial charge in [-0.3, -0.25) is 0 Å². The summed E-state index contributed by atoms with van der Waals surface area (Å²) >= 11 is 0. The van der Waals surface area contributed by atoms with Crippen molar-refractivity contribution in [1.29, 1.82) is 0 Å². The summed E-state index contributed by atoms with van der Waals surface area (Å²) in [6.45, 7) is 0. The topological polar surface area (TPSA) is 46.2 Å². The van der Waals surface area contributed by atoms with Gasteiger partial charge in [0.1, 0.15) is 5.75 Å². The molecular weight excluding hydrogens is 210 g/mol. The molecule has 0 heterocycles. The van der Waals surface area contributed by atoms with E-state index >= 15 is 0 Å². The first-order chi connectivity index (χ1) is 8.22. The fourth-order valence-electron chi connectivity index (χ4n) is 2.52. The number of rotatable bonds is 2. The van der Waals surface area contributed by atoms with E-state index in [4.69, 9.17) is 5.73 Å². The highest BCUT2D eigenvalue weighted by Gasteiger charge is 2.53. The molecule has 1 aliphatic carbocycles. The number of hydrogen-bond donors (Lipinski definition) is 2. The molecule has 0 bridgehead atoms. The smallest absolute Gasteiger partial charge is 0.119 e. The fourth-order valence-corrected chi connectivity index (χ4v) is 2.52. The van der Waals surface area contributed by atoms with Crippen LogP contribution >= 0.6 is 0 Å². The van der Waals surface area contributed by atoms with Crippen LogP contribution < -0.4 is 5.73 Å². The van der Waals surface area contributed by atoms with Gasteiger partial charge in [0.2, 0.25) is 0 Å². The van der Waals surface area contributed by atoms with Crippen molar-refractivity contribution in [2.45, 2.75) is 17.9 Å². The second-order valence-electron chi connectivity index (χ2n) is 4.72. The Morgan fingerprint density at radius 3 is 2.35 bits per heavy atom. The van der Waals surface area contributed by atoms with Crippen LogP contribution in [0.15, 0.2) is 54.6 Å². The molecule has 3 rings (SSSR count). The second-order valence-corrected chi connectivity index (χ2v) is 4.72. The number of phenolic OH excluding ortho intramolecular Hbond substituents is 1. The predicted molar refractivity (Wildman–Crippen MR) is 67.8 cm³/mol. The lowest BCUT2D eigenvalue weighted by Crippen LogP contribution is -2.21. The van der Waals surface area contributed by atoms with E-state index < -0.39 is 0 Å². The van der Waals surface area contributed by atoms with E-state index in [1.165, 1.54) is 0 Å². The van der Waals surface area contributed by atoms with Crippen molar-refractivity contribution >= 4 is 0 Å². The zero-order chi connectivity index (χ0) is 11.9. The molecule has 17 heavy (non-hydrogen) atoms. The summed E-state index contributed by atoms with van der Waals surface area (Å²) in [6.07, 6.45) is 0.897. The second kappa shape index (κ2) is 3.60. The van der Waals surface area contributed by atoms with Crippen molar-refractivity contribution < 1.29 is 5.11 Å². The highest BCUT2D eigenvalue weighted by molar-refractivity contribution is 5.46. The molecule has 3 N–H and O–H groups in total. The average Bonchev–Trinajstić information content (AvgIpc) is 3.05. The highest BCUT2D eigenvalue weighted by atomic mass is 16.3. The monoisotopic (exact) mass is 225 g/mol. The maximum atomic E-state index is 9.84. The first-order valence-corrected chi connectivity index (χ1v) is 5.84. The lowest BCUT2D eigenvalue weighted by atomic mass is 9.99. The number of nitrogens with two attached hydrogens (primary N) is 1. The van der Waals surface area contributed by atoms with Crippen LogP contribution in [-0.2, 0) is 5.54 Å². The summed E-state index contributed by atoms with van der Waals surface area (Å²) in [7, 11) is 0. The Morgan fingerprint density at radius 1 is 1.00 bits per heavy atom. The van der Waals surface area contributed by atoms with Gasteiger partial charge >= 0.3 is 0 Å². The number of benzene rings is 2. The summed E-state index contributed by atoms with van der Waals surface area (Å²) in [5.41, 5.74) is 8.20. The Balaban J connectivity index is 1.94. The van der Waals surface area contributed by atoms with Gasteiger partial charge in [-0.25, -0.2) is 0 Å². The zero-order valence-corrected chi connectivity index (χ0v) is 9.51. The molecule has 86 valence electrons. The van der Waals surface area contributed by atoms with Gasteiger partial charge < -0.3 is 10.8 Å². The third-order valence-electron chi connectivity index (χ3n) is 3.63. The largest absolute Gasteiger partial charge is 0.508 e. The maximum Gasteiger partial charge on any atom is 0.119 e. The van der Waals surface area contributed by atoms with Gasteiger partial charge in [0.15, 0.2) is 0 Å². The SMILES string of the molecule is NC1(c2ccccc2)CC1c1ccccc1O. The van der Waals surface area contributed by atoms with Crippen LogP contribution in [-0.4, -0.2) is 5.11 Å². The molecule has 2 aromatic carbocycles. The van der Waals surface area contributed by atoms with E-state index in [1.54, 1.807) is 6.07 Å². The van der Waals surface area contributed by atoms with Gasteiger partial charge in [0.25, 0.3) is 0 Å². The van der Waals surface area contributed by atoms with E-state index in [9.17, 15) is 5.11 Å². The number of phenols is 1. The maximum absolute atomic E-state index is 9.84. The van der Waals surface area contributed by atoms with Gasteiger partial charge in [0.05, 0.1) is 0 Å². The molecule has 0 aromatic heterocycles. The minimum atomic E-state index is -0.305. The van der Waals surface area contributed by atoms with Gasteiger partial charge in [0, 0.05) is 11.5 Å². The summed E-state index contributed by atoms with van der Waals surface area (Å²) in [4.78, 5) is 0. The van der Waals surface area contributed by atoms with Crippen molar-refractivity contribution in [3.63, 3.8) is 0 Å². The van der Waals surface area contributed by atoms with E-state index in [1.807, 2.05) is 36.4 Å². The molecule has 1 aliphatic rings. The summed E-state index contributed by atoms with van der Waals surface area (Å²) in [5, 5.41) is 9.84. The van der Waals surface area contributed by atoms with E-state index in [-0.39, 0.29) is 11.5 Å². The van der Waals surface area contributed by atoms with E-state index in [0.717, 1.165) is 17.5 Å². The van der Waals surface area contributed by atoms with Crippen LogP contribution in [0.1, 0.15) is 23.5 Å². The third kappa shape index (κ3) is 1.61. The standard InChI is InChI=1S/C15H15NO/c16-15(11-6-2-1-3-7-11)10-13(15)12-8-4-5-9-14(12)17/h1-9,13,17H,10,16H2. The molecule has 2 aromatic rings. The minimum Gasteiger partial charge on any atom is -0.508 e. The van der Waals surface area contributed by atoms with Crippen LogP contribution in [0, 0.1) is 0 Å². The third-order valence-corrected chi connectivity index (χ3v) is 3.63. The lowest BCUT2D eigenvalue weighted by molar-refractivity contribution is 0.466. The van der Waals surface area contributed by atoms with Gasteiger partial charge in [-0.1, -0.05) is 48.5 Å². The number of hydrogen-bond acceptors (Lipinski definition) is 2. The molecule has 0 spiro atoms. The quantitative estimate of drug-likeness (QED) is 0.825. The van der Waals surface area contributed by atoms with Crippen molar-refractivity contribution in [2.75, 3.05) is 0 Å². The first-order valence-electron chi connectivity index (χ1n) is 5.84. The molecule has 1 saturated carbocycles. The molecule has 2 atom stereocenters. The van der Waals surface area contributed by atoms with Crippen molar-refractivity contribution in [2.24, 2.45) is 5.73 Å². The molecule has 2 unspecified atom stereocenters. The molecule has 1 fully saturated rings. The summed E-state index contributed by atoms with van der Waals surface area (Å²) < 4.78 is 0. The first kappa shape index (κ1) is 10.4. The summed E-state index contributed by atoms with van der Waals surface area (Å²) in [6, 6.07) is 17.6. The van der Waals surface area contributed by atoms with Crippen molar-refractivity contribution in [1.82, 2.24) is 0 Å². The van der Waals surface area contributed by atoms with Gasteiger partial charge in [-0.05, 0) is 23.6 Å². The molecular formula is C15H15NO. The Kier molecular flexibility index (Phi) is 2.20. The minimum absolute atomic E-state index is 0.228. The molecule has 0 saturated heterocycles. The average molecular weight is 225 g/mol. The molecule has 0 amide bonds. The molecule has 0 radical (unpaired) electrons. The highest BCUT2D eigenvalue weighted by Crippen LogP contribution is 2.57. The van der Waals surface area contributed by atoms with Crippen molar-refractivity contribution in [3.8, 4) is 5.75 Å². The van der Waals surface area contributed by atoms with Crippen LogP contribution in [0.4, 0.5) is 0 Å². The molecule has 2 heteroatoms. The van der Waals surface area contributed by atoms with Crippen LogP contribution in [0.25, 0.3) is 0 Å². The lowest BCUT2D eigenvalue weighted by Gasteiger charge is -2.12. The van der Waals surface area contributed by atoms with E-state index in [0.29, 0.717) is 5.75 Å². The predicted octanol–water partition coefficient (Wildman–Crippen LogP) is 2.73. The van der Waals surface area contributed by atoms with E-state index in [2.05, 4.69) is 12.1 Å². The van der Waals surface area contributed by atoms with Gasteiger partial charge in [-0.15, -0.1) is 0 Å². The summed E-state index contributed by atoms with van der Waals surface area (Å²) in [5.74, 6) is 0.576. The Labute approximate surface area is 101 Å². The van der Waals surface area contributed by atoms with Gasteiger partial charge in [-0.2, -0.15) is 0 Å². The fraction of sp³-hybridized carbons (Fsp3) is 0.200. The number of para-hydroxylation sites is 1. The molecule has 2 nitrogen and oxygen atoms in total. The molecule has 0 aliphatic heterocycles. The van der Waals surface area contributed by atoms with Crippen LogP contribution in [0.2, 0.25) is 0 Å². The zero-order valence-electron chi connectivity index (χ0n) is 9.51. The van der Waals surface area contributed by atoms with Crippen LogP contribution in [0.3, 0.4) is 0 Å². The Bertz CT molecular complexity index is 538. The normalized spacial score (nSPS) is 26.8. The number of aromatic hydroxyl groups is 1. The Morgan fingerprint density at radius 2 is 1.65 bits per heavy atom.